The number of nitrogens with zero attached hydrogens (tertiary/aromatic N) is 2. The number of hydrogen-bond acceptors (Lipinski definition) is 4. The Balaban J connectivity index is 2.01. The second-order valence-corrected chi connectivity index (χ2v) is 5.88. The van der Waals surface area contributed by atoms with Crippen LogP contribution in [0.2, 0.25) is 5.02 Å². The quantitative estimate of drug-likeness (QED) is 0.761. The Kier molecular flexibility index (Phi) is 4.53. The molecule has 0 amide bonds. The maximum absolute atomic E-state index is 11.9. The van der Waals surface area contributed by atoms with Crippen LogP contribution in [0.3, 0.4) is 0 Å². The maximum Gasteiger partial charge on any atom is 0.297 e. The third kappa shape index (κ3) is 3.41. The lowest BCUT2D eigenvalue weighted by Crippen LogP contribution is -2.20. The van der Waals surface area contributed by atoms with Gasteiger partial charge in [0.25, 0.3) is 5.56 Å². The van der Waals surface area contributed by atoms with Crippen molar-refractivity contribution in [3.8, 4) is 0 Å². The summed E-state index contributed by atoms with van der Waals surface area (Å²) < 4.78 is 1.81. The molecule has 0 atom stereocenters. The molecule has 3 rings (SSSR count). The lowest BCUT2D eigenvalue weighted by Gasteiger charge is -2.16. The highest BCUT2D eigenvalue weighted by molar-refractivity contribution is 6.31. The van der Waals surface area contributed by atoms with Crippen LogP contribution in [0.5, 0.6) is 0 Å². The zero-order valence-corrected chi connectivity index (χ0v) is 13.9. The van der Waals surface area contributed by atoms with Gasteiger partial charge < -0.3 is 15.6 Å². The molecule has 6 heteroatoms. The summed E-state index contributed by atoms with van der Waals surface area (Å²) in [5.41, 5.74) is 8.15. The molecular formula is C18H17ClN4O. The number of aromatic nitrogens is 2. The summed E-state index contributed by atoms with van der Waals surface area (Å²) >= 11 is 6.16. The van der Waals surface area contributed by atoms with Crippen LogP contribution < -0.4 is 16.6 Å². The lowest BCUT2D eigenvalue weighted by molar-refractivity contribution is 0.776. The van der Waals surface area contributed by atoms with Gasteiger partial charge in [-0.15, -0.1) is 0 Å². The zero-order valence-electron chi connectivity index (χ0n) is 13.2. The molecule has 122 valence electrons. The van der Waals surface area contributed by atoms with Gasteiger partial charge in [0.1, 0.15) is 5.69 Å². The second-order valence-electron chi connectivity index (χ2n) is 5.48. The summed E-state index contributed by atoms with van der Waals surface area (Å²) in [4.78, 5) is 15.9. The first-order valence-electron chi connectivity index (χ1n) is 7.47. The predicted octanol–water partition coefficient (Wildman–Crippen LogP) is 3.58. The van der Waals surface area contributed by atoms with Crippen molar-refractivity contribution in [3.63, 3.8) is 0 Å². The van der Waals surface area contributed by atoms with E-state index < -0.39 is 5.56 Å². The smallest absolute Gasteiger partial charge is 0.297 e. The summed E-state index contributed by atoms with van der Waals surface area (Å²) in [6, 6.07) is 15.4. The molecule has 3 aromatic rings. The molecule has 1 heterocycles. The van der Waals surface area contributed by atoms with Gasteiger partial charge in [-0.1, -0.05) is 48.0 Å². The standard InChI is InChI=1S/C18H17ClN4O/c1-12-14(19)8-5-9-16(12)21-18-22-17(24)15(20)11-23(18)10-13-6-3-2-4-7-13/h2-9,11H,10,20H2,1H3,(H,21,22,24). The Morgan fingerprint density at radius 1 is 1.17 bits per heavy atom. The fourth-order valence-corrected chi connectivity index (χ4v) is 2.55. The van der Waals surface area contributed by atoms with Crippen LogP contribution in [-0.4, -0.2) is 9.55 Å². The molecule has 1 aromatic heterocycles. The van der Waals surface area contributed by atoms with E-state index in [9.17, 15) is 4.79 Å². The van der Waals surface area contributed by atoms with Crippen molar-refractivity contribution in [1.29, 1.82) is 0 Å². The molecule has 0 saturated heterocycles. The second kappa shape index (κ2) is 6.76. The van der Waals surface area contributed by atoms with Crippen molar-refractivity contribution >= 4 is 28.9 Å². The predicted molar refractivity (Wildman–Crippen MR) is 97.9 cm³/mol. The van der Waals surface area contributed by atoms with Gasteiger partial charge in [0.05, 0.1) is 6.54 Å². The Morgan fingerprint density at radius 3 is 2.67 bits per heavy atom. The molecule has 0 bridgehead atoms. The highest BCUT2D eigenvalue weighted by Gasteiger charge is 2.10. The molecule has 0 radical (unpaired) electrons. The van der Waals surface area contributed by atoms with E-state index in [1.165, 1.54) is 0 Å². The third-order valence-electron chi connectivity index (χ3n) is 3.73. The fraction of sp³-hybridized carbons (Fsp3) is 0.111. The largest absolute Gasteiger partial charge is 0.393 e. The number of halogens is 1. The SMILES string of the molecule is Cc1c(Cl)cccc1Nc1nc(=O)c(N)cn1Cc1ccccc1. The summed E-state index contributed by atoms with van der Waals surface area (Å²) in [7, 11) is 0. The van der Waals surface area contributed by atoms with E-state index in [1.54, 1.807) is 6.20 Å². The van der Waals surface area contributed by atoms with E-state index >= 15 is 0 Å². The van der Waals surface area contributed by atoms with Gasteiger partial charge in [-0.25, -0.2) is 0 Å². The van der Waals surface area contributed by atoms with Gasteiger partial charge in [-0.05, 0) is 30.2 Å². The van der Waals surface area contributed by atoms with E-state index in [-0.39, 0.29) is 5.69 Å². The number of nitrogen functional groups attached to an aromatic ring is 1. The summed E-state index contributed by atoms with van der Waals surface area (Å²) in [6.07, 6.45) is 1.60. The van der Waals surface area contributed by atoms with Crippen LogP contribution in [0.1, 0.15) is 11.1 Å². The molecule has 3 N–H and O–H groups in total. The Bertz CT molecular complexity index is 922. The number of hydrogen-bond donors (Lipinski definition) is 2. The number of nitrogens with one attached hydrogen (secondary N) is 1. The molecule has 0 fully saturated rings. The first-order chi connectivity index (χ1) is 11.5. The Labute approximate surface area is 144 Å². The molecular weight excluding hydrogens is 324 g/mol. The van der Waals surface area contributed by atoms with Gasteiger partial charge >= 0.3 is 0 Å². The van der Waals surface area contributed by atoms with Crippen molar-refractivity contribution in [3.05, 3.63) is 81.2 Å². The molecule has 24 heavy (non-hydrogen) atoms. The average molecular weight is 341 g/mol. The average Bonchev–Trinajstić information content (AvgIpc) is 2.57. The first-order valence-corrected chi connectivity index (χ1v) is 7.85. The summed E-state index contributed by atoms with van der Waals surface area (Å²) in [5, 5.41) is 3.83. The third-order valence-corrected chi connectivity index (χ3v) is 4.14. The van der Waals surface area contributed by atoms with E-state index in [0.717, 1.165) is 16.8 Å². The van der Waals surface area contributed by atoms with Crippen LogP contribution in [0.25, 0.3) is 0 Å². The van der Waals surface area contributed by atoms with Gasteiger partial charge in [-0.3, -0.25) is 4.79 Å². The fourth-order valence-electron chi connectivity index (χ4n) is 2.37. The molecule has 0 spiro atoms. The topological polar surface area (TPSA) is 72.9 Å². The van der Waals surface area contributed by atoms with E-state index in [0.29, 0.717) is 17.5 Å². The molecule has 0 aliphatic rings. The van der Waals surface area contributed by atoms with Crippen molar-refractivity contribution in [2.24, 2.45) is 0 Å². The van der Waals surface area contributed by atoms with E-state index in [1.807, 2.05) is 60.0 Å². The minimum Gasteiger partial charge on any atom is -0.393 e. The highest BCUT2D eigenvalue weighted by atomic mass is 35.5. The van der Waals surface area contributed by atoms with Crippen molar-refractivity contribution < 1.29 is 0 Å². The number of rotatable bonds is 4. The maximum atomic E-state index is 11.9. The van der Waals surface area contributed by atoms with Crippen LogP contribution in [-0.2, 0) is 6.54 Å². The number of benzene rings is 2. The molecule has 5 nitrogen and oxygen atoms in total. The van der Waals surface area contributed by atoms with E-state index in [4.69, 9.17) is 17.3 Å². The monoisotopic (exact) mass is 340 g/mol. The molecule has 2 aromatic carbocycles. The van der Waals surface area contributed by atoms with Gasteiger partial charge in [0.15, 0.2) is 0 Å². The van der Waals surface area contributed by atoms with Gasteiger partial charge in [0, 0.05) is 16.9 Å². The number of anilines is 3. The summed E-state index contributed by atoms with van der Waals surface area (Å²) in [6.45, 7) is 2.45. The molecule has 0 saturated carbocycles. The van der Waals surface area contributed by atoms with Crippen LogP contribution in [0, 0.1) is 6.92 Å². The first kappa shape index (κ1) is 16.1. The minimum absolute atomic E-state index is 0.110. The lowest BCUT2D eigenvalue weighted by atomic mass is 10.2. The molecule has 0 aliphatic carbocycles. The normalized spacial score (nSPS) is 10.6. The zero-order chi connectivity index (χ0) is 17.1. The Hall–Kier alpha value is -2.79. The van der Waals surface area contributed by atoms with Crippen molar-refractivity contribution in [2.75, 3.05) is 11.1 Å². The molecule has 0 aliphatic heterocycles. The van der Waals surface area contributed by atoms with Crippen molar-refractivity contribution in [2.45, 2.75) is 13.5 Å². The van der Waals surface area contributed by atoms with E-state index in [2.05, 4.69) is 10.3 Å². The van der Waals surface area contributed by atoms with Crippen LogP contribution in [0.4, 0.5) is 17.3 Å². The Morgan fingerprint density at radius 2 is 1.92 bits per heavy atom. The summed E-state index contributed by atoms with van der Waals surface area (Å²) in [5.74, 6) is 0.420. The van der Waals surface area contributed by atoms with Crippen LogP contribution >= 0.6 is 11.6 Å². The minimum atomic E-state index is -0.457. The van der Waals surface area contributed by atoms with Gasteiger partial charge in [0.2, 0.25) is 5.95 Å². The van der Waals surface area contributed by atoms with Crippen molar-refractivity contribution in [1.82, 2.24) is 9.55 Å². The number of nitrogens with two attached hydrogens (primary N) is 1. The highest BCUT2D eigenvalue weighted by Crippen LogP contribution is 2.25. The van der Waals surface area contributed by atoms with Gasteiger partial charge in [-0.2, -0.15) is 4.98 Å². The molecule has 0 unspecified atom stereocenters. The van der Waals surface area contributed by atoms with Crippen LogP contribution in [0.15, 0.2) is 59.5 Å².